The van der Waals surface area contributed by atoms with Crippen LogP contribution in [0.1, 0.15) is 22.1 Å². The van der Waals surface area contributed by atoms with Gasteiger partial charge in [-0.3, -0.25) is 4.79 Å². The first-order valence-corrected chi connectivity index (χ1v) is 6.79. The van der Waals surface area contributed by atoms with Crippen molar-refractivity contribution >= 4 is 28.6 Å². The number of rotatable bonds is 5. The number of aliphatic carboxylic acids is 1. The van der Waals surface area contributed by atoms with E-state index in [4.69, 9.17) is 5.11 Å². The third kappa shape index (κ3) is 2.93. The Balaban J connectivity index is 2.12. The lowest BCUT2D eigenvalue weighted by atomic mass is 9.99. The highest BCUT2D eigenvalue weighted by Crippen LogP contribution is 2.29. The Hall–Kier alpha value is -1.13. The fraction of sp³-hybridized carbons (Fsp3) is 0.250. The molecule has 0 amide bonds. The second-order valence-corrected chi connectivity index (χ2v) is 5.61. The molecule has 2 nitrogen and oxygen atoms in total. The quantitative estimate of drug-likeness (QED) is 0.882. The van der Waals surface area contributed by atoms with Crippen molar-refractivity contribution in [1.82, 2.24) is 0 Å². The van der Waals surface area contributed by atoms with Crippen molar-refractivity contribution in [2.24, 2.45) is 0 Å². The van der Waals surface area contributed by atoms with Gasteiger partial charge in [-0.05, 0) is 29.3 Å². The third-order valence-electron chi connectivity index (χ3n) is 2.39. The molecule has 2 aromatic rings. The molecule has 0 spiro atoms. The Bertz CT molecular complexity index is 432. The second kappa shape index (κ2) is 5.27. The molecule has 0 bridgehead atoms. The van der Waals surface area contributed by atoms with Crippen molar-refractivity contribution < 1.29 is 9.90 Å². The van der Waals surface area contributed by atoms with Gasteiger partial charge in [0.1, 0.15) is 0 Å². The Morgan fingerprint density at radius 2 is 2.00 bits per heavy atom. The zero-order valence-electron chi connectivity index (χ0n) is 8.63. The molecule has 0 fully saturated rings. The van der Waals surface area contributed by atoms with Crippen LogP contribution in [0.3, 0.4) is 0 Å². The summed E-state index contributed by atoms with van der Waals surface area (Å²) in [4.78, 5) is 13.3. The van der Waals surface area contributed by atoms with Crippen molar-refractivity contribution in [3.8, 4) is 0 Å². The highest BCUT2D eigenvalue weighted by Gasteiger charge is 2.17. The highest BCUT2D eigenvalue weighted by molar-refractivity contribution is 7.10. The van der Waals surface area contributed by atoms with Gasteiger partial charge >= 0.3 is 5.97 Å². The molecule has 1 unspecified atom stereocenters. The normalized spacial score (nSPS) is 12.5. The minimum Gasteiger partial charge on any atom is -0.481 e. The Morgan fingerprint density at radius 1 is 1.25 bits per heavy atom. The zero-order chi connectivity index (χ0) is 11.4. The average Bonchev–Trinajstić information content (AvgIpc) is 2.88. The summed E-state index contributed by atoms with van der Waals surface area (Å²) in [6.07, 6.45) is 1.03. The van der Waals surface area contributed by atoms with Crippen molar-refractivity contribution in [3.05, 3.63) is 44.8 Å². The maximum absolute atomic E-state index is 10.8. The van der Waals surface area contributed by atoms with E-state index in [0.717, 1.165) is 11.3 Å². The fourth-order valence-corrected chi connectivity index (χ4v) is 3.30. The van der Waals surface area contributed by atoms with Gasteiger partial charge < -0.3 is 5.11 Å². The minimum atomic E-state index is -0.727. The molecule has 0 aliphatic heterocycles. The van der Waals surface area contributed by atoms with E-state index in [1.54, 1.807) is 22.7 Å². The standard InChI is InChI=1S/C12H12O2S2/c13-12(14)8-9(11-4-2-6-16-11)7-10-3-1-5-15-10/h1-6,9H,7-8H2,(H,13,14). The molecule has 2 rings (SSSR count). The van der Waals surface area contributed by atoms with E-state index in [1.807, 2.05) is 29.0 Å². The summed E-state index contributed by atoms with van der Waals surface area (Å²) in [5, 5.41) is 12.9. The Morgan fingerprint density at radius 3 is 2.56 bits per heavy atom. The van der Waals surface area contributed by atoms with Gasteiger partial charge in [0.15, 0.2) is 0 Å². The van der Waals surface area contributed by atoms with Crippen molar-refractivity contribution in [3.63, 3.8) is 0 Å². The first-order chi connectivity index (χ1) is 7.75. The van der Waals surface area contributed by atoms with Crippen LogP contribution in [0.4, 0.5) is 0 Å². The summed E-state index contributed by atoms with van der Waals surface area (Å²) < 4.78 is 0. The van der Waals surface area contributed by atoms with Gasteiger partial charge in [0, 0.05) is 15.7 Å². The first kappa shape index (κ1) is 11.4. The molecule has 0 saturated carbocycles. The Labute approximate surface area is 102 Å². The lowest BCUT2D eigenvalue weighted by molar-refractivity contribution is -0.137. The molecule has 0 aliphatic carbocycles. The molecule has 0 aliphatic rings. The van der Waals surface area contributed by atoms with Crippen LogP contribution >= 0.6 is 22.7 Å². The van der Waals surface area contributed by atoms with Gasteiger partial charge in [0.25, 0.3) is 0 Å². The van der Waals surface area contributed by atoms with Crippen LogP contribution in [-0.2, 0) is 11.2 Å². The molecule has 0 saturated heterocycles. The van der Waals surface area contributed by atoms with Gasteiger partial charge in [-0.25, -0.2) is 0 Å². The van der Waals surface area contributed by atoms with Crippen LogP contribution in [0, 0.1) is 0 Å². The summed E-state index contributed by atoms with van der Waals surface area (Å²) in [6, 6.07) is 8.06. The molecule has 4 heteroatoms. The SMILES string of the molecule is O=C(O)CC(Cc1cccs1)c1cccs1. The molecule has 1 N–H and O–H groups in total. The van der Waals surface area contributed by atoms with E-state index in [0.29, 0.717) is 0 Å². The summed E-state index contributed by atoms with van der Waals surface area (Å²) >= 11 is 3.32. The average molecular weight is 252 g/mol. The second-order valence-electron chi connectivity index (χ2n) is 3.59. The van der Waals surface area contributed by atoms with Crippen LogP contribution in [0.25, 0.3) is 0 Å². The van der Waals surface area contributed by atoms with Crippen molar-refractivity contribution in [2.45, 2.75) is 18.8 Å². The molecule has 2 aromatic heterocycles. The highest BCUT2D eigenvalue weighted by atomic mass is 32.1. The fourth-order valence-electron chi connectivity index (χ4n) is 1.68. The first-order valence-electron chi connectivity index (χ1n) is 5.03. The monoisotopic (exact) mass is 252 g/mol. The van der Waals surface area contributed by atoms with Crippen LogP contribution in [0.15, 0.2) is 35.0 Å². The van der Waals surface area contributed by atoms with E-state index >= 15 is 0 Å². The largest absolute Gasteiger partial charge is 0.481 e. The lowest BCUT2D eigenvalue weighted by Crippen LogP contribution is -2.07. The van der Waals surface area contributed by atoms with E-state index in [9.17, 15) is 4.79 Å². The lowest BCUT2D eigenvalue weighted by Gasteiger charge is -2.11. The minimum absolute atomic E-state index is 0.108. The number of carbonyl (C=O) groups is 1. The van der Waals surface area contributed by atoms with Crippen LogP contribution in [0.5, 0.6) is 0 Å². The molecule has 84 valence electrons. The van der Waals surface area contributed by atoms with Gasteiger partial charge in [-0.1, -0.05) is 12.1 Å². The number of carboxylic acid groups (broad SMARTS) is 1. The van der Waals surface area contributed by atoms with Gasteiger partial charge in [-0.15, -0.1) is 22.7 Å². The van der Waals surface area contributed by atoms with Crippen LogP contribution in [0.2, 0.25) is 0 Å². The number of hydrogen-bond donors (Lipinski definition) is 1. The maximum atomic E-state index is 10.8. The van der Waals surface area contributed by atoms with Crippen molar-refractivity contribution in [1.29, 1.82) is 0 Å². The number of carboxylic acids is 1. The molecule has 0 radical (unpaired) electrons. The summed E-state index contributed by atoms with van der Waals surface area (Å²) in [7, 11) is 0. The maximum Gasteiger partial charge on any atom is 0.304 e. The summed E-state index contributed by atoms with van der Waals surface area (Å²) in [6.45, 7) is 0. The van der Waals surface area contributed by atoms with Crippen molar-refractivity contribution in [2.75, 3.05) is 0 Å². The smallest absolute Gasteiger partial charge is 0.304 e. The predicted molar refractivity (Wildman–Crippen MR) is 67.3 cm³/mol. The van der Waals surface area contributed by atoms with E-state index < -0.39 is 5.97 Å². The summed E-state index contributed by atoms with van der Waals surface area (Å²) in [5.74, 6) is -0.619. The van der Waals surface area contributed by atoms with Gasteiger partial charge in [0.2, 0.25) is 0 Å². The zero-order valence-corrected chi connectivity index (χ0v) is 10.3. The van der Waals surface area contributed by atoms with E-state index in [2.05, 4.69) is 6.07 Å². The molecule has 2 heterocycles. The van der Waals surface area contributed by atoms with Gasteiger partial charge in [0.05, 0.1) is 6.42 Å². The van der Waals surface area contributed by atoms with E-state index in [1.165, 1.54) is 4.88 Å². The third-order valence-corrected chi connectivity index (χ3v) is 4.33. The summed E-state index contributed by atoms with van der Waals surface area (Å²) in [5.41, 5.74) is 0. The molecular formula is C12H12O2S2. The number of thiophene rings is 2. The van der Waals surface area contributed by atoms with E-state index in [-0.39, 0.29) is 12.3 Å². The molecule has 0 aromatic carbocycles. The topological polar surface area (TPSA) is 37.3 Å². The van der Waals surface area contributed by atoms with Gasteiger partial charge in [-0.2, -0.15) is 0 Å². The molecule has 1 atom stereocenters. The van der Waals surface area contributed by atoms with Crippen LogP contribution in [-0.4, -0.2) is 11.1 Å². The predicted octanol–water partition coefficient (Wildman–Crippen LogP) is 3.61. The Kier molecular flexibility index (Phi) is 3.74. The molecule has 16 heavy (non-hydrogen) atoms. The van der Waals surface area contributed by atoms with Crippen LogP contribution < -0.4 is 0 Å². The molecular weight excluding hydrogens is 240 g/mol. The number of hydrogen-bond acceptors (Lipinski definition) is 3.